The van der Waals surface area contributed by atoms with E-state index in [-0.39, 0.29) is 18.4 Å². The second kappa shape index (κ2) is 5.85. The number of hydrogen-bond acceptors (Lipinski definition) is 5. The summed E-state index contributed by atoms with van der Waals surface area (Å²) in [6.45, 7) is 6.81. The van der Waals surface area contributed by atoms with Gasteiger partial charge in [0.15, 0.2) is 0 Å². The lowest BCUT2D eigenvalue weighted by Gasteiger charge is -2.19. The highest BCUT2D eigenvalue weighted by atomic mass is 16.5. The molecule has 0 aromatic carbocycles. The highest BCUT2D eigenvalue weighted by molar-refractivity contribution is 5.91. The maximum absolute atomic E-state index is 11.9. The predicted octanol–water partition coefficient (Wildman–Crippen LogP) is 1.53. The van der Waals surface area contributed by atoms with Crippen LogP contribution in [0.15, 0.2) is 10.6 Å². The van der Waals surface area contributed by atoms with Gasteiger partial charge < -0.3 is 9.63 Å². The van der Waals surface area contributed by atoms with Crippen LogP contribution in [0.3, 0.4) is 0 Å². The SMILES string of the molecule is CC(C)c1cc(NC(=O)CN2CCC(C)(C(=O)O)C2)on1. The zero-order valence-electron chi connectivity index (χ0n) is 12.5. The topological polar surface area (TPSA) is 95.7 Å². The Morgan fingerprint density at radius 1 is 1.57 bits per heavy atom. The molecule has 1 amide bonds. The van der Waals surface area contributed by atoms with Gasteiger partial charge in [0.25, 0.3) is 0 Å². The van der Waals surface area contributed by atoms with E-state index in [2.05, 4.69) is 10.5 Å². The Hall–Kier alpha value is -1.89. The van der Waals surface area contributed by atoms with Gasteiger partial charge in [-0.25, -0.2) is 0 Å². The molecule has 1 aliphatic heterocycles. The number of carbonyl (C=O) groups excluding carboxylic acids is 1. The molecule has 1 aliphatic rings. The van der Waals surface area contributed by atoms with Crippen molar-refractivity contribution in [2.24, 2.45) is 5.41 Å². The van der Waals surface area contributed by atoms with E-state index in [9.17, 15) is 9.59 Å². The monoisotopic (exact) mass is 295 g/mol. The van der Waals surface area contributed by atoms with Crippen LogP contribution in [0.2, 0.25) is 0 Å². The first-order valence-corrected chi connectivity index (χ1v) is 7.02. The second-order valence-electron chi connectivity index (χ2n) is 6.15. The van der Waals surface area contributed by atoms with E-state index >= 15 is 0 Å². The number of rotatable bonds is 5. The molecule has 1 aromatic rings. The van der Waals surface area contributed by atoms with Crippen molar-refractivity contribution in [1.29, 1.82) is 0 Å². The van der Waals surface area contributed by atoms with Crippen LogP contribution in [0.25, 0.3) is 0 Å². The Bertz CT molecular complexity index is 540. The number of anilines is 1. The fraction of sp³-hybridized carbons (Fsp3) is 0.643. The molecular formula is C14H21N3O4. The van der Waals surface area contributed by atoms with Crippen molar-refractivity contribution in [2.75, 3.05) is 25.0 Å². The van der Waals surface area contributed by atoms with Gasteiger partial charge in [-0.1, -0.05) is 19.0 Å². The van der Waals surface area contributed by atoms with Gasteiger partial charge in [-0.15, -0.1) is 0 Å². The molecule has 0 saturated carbocycles. The molecule has 2 N–H and O–H groups in total. The molecule has 1 saturated heterocycles. The third-order valence-corrected chi connectivity index (χ3v) is 3.82. The quantitative estimate of drug-likeness (QED) is 0.855. The van der Waals surface area contributed by atoms with Gasteiger partial charge in [0.05, 0.1) is 17.7 Å². The number of nitrogens with one attached hydrogen (secondary N) is 1. The summed E-state index contributed by atoms with van der Waals surface area (Å²) in [7, 11) is 0. The summed E-state index contributed by atoms with van der Waals surface area (Å²) >= 11 is 0. The number of carboxylic acids is 1. The third-order valence-electron chi connectivity index (χ3n) is 3.82. The molecule has 116 valence electrons. The fourth-order valence-corrected chi connectivity index (χ4v) is 2.37. The fourth-order valence-electron chi connectivity index (χ4n) is 2.37. The van der Waals surface area contributed by atoms with Crippen molar-refractivity contribution < 1.29 is 19.2 Å². The van der Waals surface area contributed by atoms with Crippen LogP contribution in [0.4, 0.5) is 5.88 Å². The van der Waals surface area contributed by atoms with Gasteiger partial charge in [0.1, 0.15) is 0 Å². The molecule has 7 nitrogen and oxygen atoms in total. The zero-order valence-corrected chi connectivity index (χ0v) is 12.5. The summed E-state index contributed by atoms with van der Waals surface area (Å²) in [6.07, 6.45) is 0.551. The Kier molecular flexibility index (Phi) is 4.32. The van der Waals surface area contributed by atoms with E-state index < -0.39 is 11.4 Å². The highest BCUT2D eigenvalue weighted by Crippen LogP contribution is 2.29. The van der Waals surface area contributed by atoms with E-state index in [1.54, 1.807) is 13.0 Å². The zero-order chi connectivity index (χ0) is 15.6. The number of aromatic nitrogens is 1. The van der Waals surface area contributed by atoms with Crippen molar-refractivity contribution in [3.05, 3.63) is 11.8 Å². The molecule has 21 heavy (non-hydrogen) atoms. The molecule has 1 fully saturated rings. The van der Waals surface area contributed by atoms with Gasteiger partial charge in [-0.3, -0.25) is 19.8 Å². The Balaban J connectivity index is 1.86. The van der Waals surface area contributed by atoms with E-state index in [0.717, 1.165) is 5.69 Å². The van der Waals surface area contributed by atoms with E-state index in [1.807, 2.05) is 18.7 Å². The lowest BCUT2D eigenvalue weighted by Crippen LogP contribution is -2.35. The lowest BCUT2D eigenvalue weighted by atomic mass is 9.90. The average molecular weight is 295 g/mol. The lowest BCUT2D eigenvalue weighted by molar-refractivity contribution is -0.147. The van der Waals surface area contributed by atoms with Gasteiger partial charge in [0.2, 0.25) is 11.8 Å². The van der Waals surface area contributed by atoms with Crippen molar-refractivity contribution in [1.82, 2.24) is 10.1 Å². The van der Waals surface area contributed by atoms with Crippen LogP contribution >= 0.6 is 0 Å². The van der Waals surface area contributed by atoms with Crippen LogP contribution in [-0.4, -0.2) is 46.7 Å². The molecule has 0 radical (unpaired) electrons. The minimum absolute atomic E-state index is 0.153. The van der Waals surface area contributed by atoms with Crippen LogP contribution in [0.1, 0.15) is 38.8 Å². The first-order valence-electron chi connectivity index (χ1n) is 7.02. The average Bonchev–Trinajstić information content (AvgIpc) is 2.97. The number of hydrogen-bond donors (Lipinski definition) is 2. The summed E-state index contributed by atoms with van der Waals surface area (Å²) in [5, 5.41) is 15.7. The van der Waals surface area contributed by atoms with Crippen LogP contribution in [0, 0.1) is 5.41 Å². The standard InChI is InChI=1S/C14H21N3O4/c1-9(2)10-6-12(21-16-10)15-11(18)7-17-5-4-14(3,8-17)13(19)20/h6,9H,4-5,7-8H2,1-3H3,(H,15,18)(H,19,20). The molecule has 1 aromatic heterocycles. The number of likely N-dealkylation sites (tertiary alicyclic amines) is 1. The van der Waals surface area contributed by atoms with Gasteiger partial charge >= 0.3 is 5.97 Å². The Morgan fingerprint density at radius 2 is 2.29 bits per heavy atom. The van der Waals surface area contributed by atoms with Crippen LogP contribution in [-0.2, 0) is 9.59 Å². The minimum Gasteiger partial charge on any atom is -0.481 e. The van der Waals surface area contributed by atoms with Gasteiger partial charge in [-0.05, 0) is 25.8 Å². The summed E-state index contributed by atoms with van der Waals surface area (Å²) in [4.78, 5) is 24.9. The smallest absolute Gasteiger partial charge is 0.310 e. The summed E-state index contributed by atoms with van der Waals surface area (Å²) in [5.41, 5.74) is 0.0158. The predicted molar refractivity (Wildman–Crippen MR) is 76.0 cm³/mol. The third kappa shape index (κ3) is 3.60. The largest absolute Gasteiger partial charge is 0.481 e. The van der Waals surface area contributed by atoms with Crippen molar-refractivity contribution >= 4 is 17.8 Å². The van der Waals surface area contributed by atoms with Crippen molar-refractivity contribution in [3.8, 4) is 0 Å². The second-order valence-corrected chi connectivity index (χ2v) is 6.15. The molecular weight excluding hydrogens is 274 g/mol. The number of amides is 1. The summed E-state index contributed by atoms with van der Waals surface area (Å²) in [6, 6.07) is 1.70. The number of carboxylic acid groups (broad SMARTS) is 1. The molecule has 2 heterocycles. The first kappa shape index (κ1) is 15.5. The van der Waals surface area contributed by atoms with Gasteiger partial charge in [0, 0.05) is 12.6 Å². The molecule has 0 aliphatic carbocycles. The van der Waals surface area contributed by atoms with E-state index in [4.69, 9.17) is 9.63 Å². The summed E-state index contributed by atoms with van der Waals surface area (Å²) in [5.74, 6) is -0.489. The van der Waals surface area contributed by atoms with Crippen molar-refractivity contribution in [3.63, 3.8) is 0 Å². The van der Waals surface area contributed by atoms with Crippen molar-refractivity contribution in [2.45, 2.75) is 33.1 Å². The maximum Gasteiger partial charge on any atom is 0.310 e. The van der Waals surface area contributed by atoms with Crippen LogP contribution < -0.4 is 5.32 Å². The van der Waals surface area contributed by atoms with E-state index in [1.165, 1.54) is 0 Å². The maximum atomic E-state index is 11.9. The van der Waals surface area contributed by atoms with E-state index in [0.29, 0.717) is 25.4 Å². The number of carbonyl (C=O) groups is 2. The Morgan fingerprint density at radius 3 is 2.81 bits per heavy atom. The number of aliphatic carboxylic acids is 1. The molecule has 0 spiro atoms. The molecule has 2 rings (SSSR count). The Labute approximate surface area is 123 Å². The van der Waals surface area contributed by atoms with Crippen LogP contribution in [0.5, 0.6) is 0 Å². The molecule has 1 unspecified atom stereocenters. The molecule has 7 heteroatoms. The number of nitrogens with zero attached hydrogens (tertiary/aromatic N) is 2. The molecule has 0 bridgehead atoms. The minimum atomic E-state index is -0.817. The normalized spacial score (nSPS) is 22.7. The molecule has 1 atom stereocenters. The first-order chi connectivity index (χ1) is 9.80. The highest BCUT2D eigenvalue weighted by Gasteiger charge is 2.40. The van der Waals surface area contributed by atoms with Gasteiger partial charge in [-0.2, -0.15) is 0 Å². The summed E-state index contributed by atoms with van der Waals surface area (Å²) < 4.78 is 5.05.